The van der Waals surface area contributed by atoms with Crippen LogP contribution in [0.2, 0.25) is 0 Å². The summed E-state index contributed by atoms with van der Waals surface area (Å²) in [6, 6.07) is 18.8. The molecule has 4 nitrogen and oxygen atoms in total. The third-order valence-electron chi connectivity index (χ3n) is 4.88. The third kappa shape index (κ3) is 3.66. The van der Waals surface area contributed by atoms with E-state index in [1.54, 1.807) is 0 Å². The topological polar surface area (TPSA) is 55.0 Å². The Morgan fingerprint density at radius 3 is 2.32 bits per heavy atom. The van der Waals surface area contributed by atoms with Crippen molar-refractivity contribution < 1.29 is 0 Å². The quantitative estimate of drug-likeness (QED) is 0.784. The van der Waals surface area contributed by atoms with Gasteiger partial charge in [-0.2, -0.15) is 0 Å². The van der Waals surface area contributed by atoms with E-state index in [1.165, 1.54) is 5.56 Å². The Morgan fingerprint density at radius 1 is 0.960 bits per heavy atom. The molecule has 1 fully saturated rings. The second kappa shape index (κ2) is 7.48. The molecule has 4 rings (SSSR count). The molecular weight excluding hydrogens is 332 g/mol. The van der Waals surface area contributed by atoms with Crippen LogP contribution in [0.5, 0.6) is 0 Å². The smallest absolute Gasteiger partial charge is 0.0890 e. The van der Waals surface area contributed by atoms with Crippen molar-refractivity contribution in [3.8, 4) is 0 Å². The van der Waals surface area contributed by atoms with Gasteiger partial charge in [0.1, 0.15) is 0 Å². The van der Waals surface area contributed by atoms with Gasteiger partial charge in [-0.25, -0.2) is 9.97 Å². The lowest BCUT2D eigenvalue weighted by Crippen LogP contribution is -2.28. The molecule has 2 heterocycles. The summed E-state index contributed by atoms with van der Waals surface area (Å²) in [6.45, 7) is 4.72. The first-order chi connectivity index (χ1) is 11.7. The molecular formula is C20H23ClN4. The number of benzene rings is 2. The number of para-hydroxylation sites is 2. The van der Waals surface area contributed by atoms with Gasteiger partial charge in [-0.15, -0.1) is 12.4 Å². The lowest BCUT2D eigenvalue weighted by Gasteiger charge is -2.17. The fraction of sp³-hybridized carbons (Fsp3) is 0.300. The second-order valence-corrected chi connectivity index (χ2v) is 6.62. The van der Waals surface area contributed by atoms with E-state index in [4.69, 9.17) is 15.7 Å². The van der Waals surface area contributed by atoms with Crippen molar-refractivity contribution in [2.75, 3.05) is 13.1 Å². The van der Waals surface area contributed by atoms with E-state index in [9.17, 15) is 0 Å². The molecule has 0 radical (unpaired) electrons. The molecule has 25 heavy (non-hydrogen) atoms. The highest BCUT2D eigenvalue weighted by Crippen LogP contribution is 2.27. The van der Waals surface area contributed by atoms with Crippen molar-refractivity contribution in [1.82, 2.24) is 14.9 Å². The Morgan fingerprint density at radius 2 is 1.60 bits per heavy atom. The first kappa shape index (κ1) is 17.8. The first-order valence-electron chi connectivity index (χ1n) is 8.46. The van der Waals surface area contributed by atoms with Crippen molar-refractivity contribution in [2.45, 2.75) is 25.4 Å². The summed E-state index contributed by atoms with van der Waals surface area (Å²) in [6.07, 6.45) is 0. The van der Waals surface area contributed by atoms with Gasteiger partial charge in [0.2, 0.25) is 0 Å². The molecule has 1 aromatic heterocycles. The molecule has 5 heteroatoms. The van der Waals surface area contributed by atoms with Crippen molar-refractivity contribution in [2.24, 2.45) is 5.73 Å². The maximum absolute atomic E-state index is 6.41. The van der Waals surface area contributed by atoms with E-state index < -0.39 is 0 Å². The van der Waals surface area contributed by atoms with Crippen LogP contribution in [-0.4, -0.2) is 34.0 Å². The molecule has 1 aliphatic heterocycles. The molecule has 0 spiro atoms. The molecule has 2 N–H and O–H groups in total. The molecule has 1 saturated heterocycles. The summed E-state index contributed by atoms with van der Waals surface area (Å²) < 4.78 is 0. The Labute approximate surface area is 154 Å². The Balaban J connectivity index is 0.00000182. The molecule has 1 aliphatic rings. The van der Waals surface area contributed by atoms with Crippen molar-refractivity contribution >= 4 is 23.4 Å². The van der Waals surface area contributed by atoms with E-state index >= 15 is 0 Å². The summed E-state index contributed by atoms with van der Waals surface area (Å²) in [5, 5.41) is 0. The van der Waals surface area contributed by atoms with Gasteiger partial charge in [-0.05, 0) is 24.6 Å². The molecule has 2 atom stereocenters. The van der Waals surface area contributed by atoms with E-state index in [-0.39, 0.29) is 18.4 Å². The summed E-state index contributed by atoms with van der Waals surface area (Å²) in [7, 11) is 0. The van der Waals surface area contributed by atoms with Crippen LogP contribution in [0.1, 0.15) is 22.9 Å². The fourth-order valence-electron chi connectivity index (χ4n) is 3.58. The minimum Gasteiger partial charge on any atom is -0.326 e. The van der Waals surface area contributed by atoms with Gasteiger partial charge >= 0.3 is 0 Å². The van der Waals surface area contributed by atoms with Crippen molar-refractivity contribution in [3.05, 3.63) is 71.5 Å². The maximum atomic E-state index is 6.41. The van der Waals surface area contributed by atoms with Crippen LogP contribution >= 0.6 is 12.4 Å². The largest absolute Gasteiger partial charge is 0.326 e. The number of nitrogens with two attached hydrogens (primary N) is 1. The summed E-state index contributed by atoms with van der Waals surface area (Å²) in [5.74, 6) is 0.389. The first-order valence-corrected chi connectivity index (χ1v) is 8.46. The Kier molecular flexibility index (Phi) is 5.33. The molecule has 0 bridgehead atoms. The van der Waals surface area contributed by atoms with E-state index in [0.717, 1.165) is 42.1 Å². The second-order valence-electron chi connectivity index (χ2n) is 6.62. The summed E-state index contributed by atoms with van der Waals surface area (Å²) >= 11 is 0. The molecule has 3 aromatic rings. The number of aromatic nitrogens is 2. The predicted molar refractivity (Wildman–Crippen MR) is 104 cm³/mol. The average Bonchev–Trinajstić information content (AvgIpc) is 2.97. The van der Waals surface area contributed by atoms with Crippen LogP contribution in [0.25, 0.3) is 11.0 Å². The number of nitrogens with zero attached hydrogens (tertiary/aromatic N) is 3. The lowest BCUT2D eigenvalue weighted by molar-refractivity contribution is 0.319. The maximum Gasteiger partial charge on any atom is 0.0890 e. The highest BCUT2D eigenvalue weighted by molar-refractivity contribution is 5.85. The van der Waals surface area contributed by atoms with E-state index in [0.29, 0.717) is 5.92 Å². The van der Waals surface area contributed by atoms with Crippen LogP contribution in [0.4, 0.5) is 0 Å². The number of hydrogen-bond acceptors (Lipinski definition) is 4. The molecule has 0 saturated carbocycles. The Bertz CT molecular complexity index is 853. The molecule has 0 amide bonds. The Hall–Kier alpha value is -2.01. The normalized spacial score (nSPS) is 20.6. The van der Waals surface area contributed by atoms with Gasteiger partial charge in [-0.1, -0.05) is 42.5 Å². The van der Waals surface area contributed by atoms with Crippen LogP contribution in [0.3, 0.4) is 0 Å². The highest BCUT2D eigenvalue weighted by Gasteiger charge is 2.31. The summed E-state index contributed by atoms with van der Waals surface area (Å²) in [5.41, 5.74) is 11.7. The SMILES string of the molecule is Cc1nc2ccccc2nc1CN1C[C@@H](N)[C@H](c2ccccc2)C1.Cl. The monoisotopic (exact) mass is 354 g/mol. The molecule has 130 valence electrons. The molecule has 0 aliphatic carbocycles. The van der Waals surface area contributed by atoms with Crippen LogP contribution in [0.15, 0.2) is 54.6 Å². The zero-order valence-electron chi connectivity index (χ0n) is 14.3. The zero-order valence-corrected chi connectivity index (χ0v) is 15.1. The van der Waals surface area contributed by atoms with Gasteiger partial charge in [0.25, 0.3) is 0 Å². The number of fused-ring (bicyclic) bond motifs is 1. The minimum atomic E-state index is 0. The van der Waals surface area contributed by atoms with E-state index in [1.807, 2.05) is 31.2 Å². The number of hydrogen-bond donors (Lipinski definition) is 1. The average molecular weight is 355 g/mol. The van der Waals surface area contributed by atoms with Gasteiger partial charge < -0.3 is 5.73 Å². The van der Waals surface area contributed by atoms with Crippen LogP contribution in [0, 0.1) is 6.92 Å². The minimum absolute atomic E-state index is 0. The summed E-state index contributed by atoms with van der Waals surface area (Å²) in [4.78, 5) is 11.9. The van der Waals surface area contributed by atoms with Gasteiger partial charge in [0, 0.05) is 31.6 Å². The van der Waals surface area contributed by atoms with Crippen molar-refractivity contribution in [1.29, 1.82) is 0 Å². The van der Waals surface area contributed by atoms with Gasteiger partial charge in [0.05, 0.1) is 22.4 Å². The molecule has 0 unspecified atom stereocenters. The van der Waals surface area contributed by atoms with Gasteiger partial charge in [-0.3, -0.25) is 4.90 Å². The number of likely N-dealkylation sites (tertiary alicyclic amines) is 1. The van der Waals surface area contributed by atoms with Crippen molar-refractivity contribution in [3.63, 3.8) is 0 Å². The standard InChI is InChI=1S/C20H22N4.ClH/c1-14-20(23-19-10-6-5-9-18(19)22-14)13-24-11-16(17(21)12-24)15-7-3-2-4-8-15;/h2-10,16-17H,11-13,21H2,1H3;1H/t16-,17+;/m0./s1. The zero-order chi connectivity index (χ0) is 16.5. The highest BCUT2D eigenvalue weighted by atomic mass is 35.5. The third-order valence-corrected chi connectivity index (χ3v) is 4.88. The van der Waals surface area contributed by atoms with Crippen LogP contribution < -0.4 is 5.73 Å². The van der Waals surface area contributed by atoms with Gasteiger partial charge in [0.15, 0.2) is 0 Å². The number of halogens is 1. The van der Waals surface area contributed by atoms with Crippen LogP contribution in [-0.2, 0) is 6.54 Å². The number of rotatable bonds is 3. The predicted octanol–water partition coefficient (Wildman–Crippen LogP) is 3.29. The lowest BCUT2D eigenvalue weighted by atomic mass is 9.95. The number of aryl methyl sites for hydroxylation is 1. The fourth-order valence-corrected chi connectivity index (χ4v) is 3.58. The molecule has 2 aromatic carbocycles. The van der Waals surface area contributed by atoms with E-state index in [2.05, 4.69) is 35.2 Å².